The number of hydrogen-bond acceptors (Lipinski definition) is 2. The summed E-state index contributed by atoms with van der Waals surface area (Å²) in [7, 11) is -3.24. The average Bonchev–Trinajstić information content (AvgIpc) is 2.55. The molecule has 4 heteroatoms. The fraction of sp³-hybridized carbons (Fsp3) is 0.652. The van der Waals surface area contributed by atoms with E-state index in [1.807, 2.05) is 0 Å². The maximum absolute atomic E-state index is 6.66. The molecule has 1 aromatic carbocycles. The van der Waals surface area contributed by atoms with Gasteiger partial charge in [0.05, 0.1) is 13.8 Å². The Morgan fingerprint density at radius 3 is 2.19 bits per heavy atom. The normalized spacial score (nSPS) is 19.9. The molecule has 152 valence electrons. The van der Waals surface area contributed by atoms with Gasteiger partial charge in [0.25, 0.3) is 0 Å². The van der Waals surface area contributed by atoms with Crippen LogP contribution in [0.3, 0.4) is 0 Å². The lowest BCUT2D eigenvalue weighted by atomic mass is 9.99. The minimum atomic E-state index is -1.63. The summed E-state index contributed by atoms with van der Waals surface area (Å²) in [5.41, 5.74) is 1.96. The van der Waals surface area contributed by atoms with Gasteiger partial charge in [0.1, 0.15) is 0 Å². The Morgan fingerprint density at radius 1 is 1.07 bits per heavy atom. The SMILES string of the molecule is CC(C)C(C)(C)[Si](C)(C)C1CN(Cc2ccccc2)CC=C1O[Si](C)(C)C. The number of benzene rings is 1. The molecule has 0 amide bonds. The molecule has 0 radical (unpaired) electrons. The van der Waals surface area contributed by atoms with Gasteiger partial charge in [0.2, 0.25) is 8.32 Å². The van der Waals surface area contributed by atoms with Crippen molar-refractivity contribution >= 4 is 16.4 Å². The van der Waals surface area contributed by atoms with Crippen LogP contribution >= 0.6 is 0 Å². The van der Waals surface area contributed by atoms with E-state index in [1.165, 1.54) is 11.3 Å². The quantitative estimate of drug-likeness (QED) is 0.467. The van der Waals surface area contributed by atoms with Gasteiger partial charge in [0.15, 0.2) is 0 Å². The van der Waals surface area contributed by atoms with Crippen molar-refractivity contribution in [2.45, 2.75) is 77.6 Å². The van der Waals surface area contributed by atoms with Crippen LogP contribution in [0.4, 0.5) is 0 Å². The molecule has 0 aliphatic carbocycles. The molecule has 27 heavy (non-hydrogen) atoms. The molecule has 2 rings (SSSR count). The molecule has 1 unspecified atom stereocenters. The number of hydrogen-bond donors (Lipinski definition) is 0. The van der Waals surface area contributed by atoms with Gasteiger partial charge in [-0.3, -0.25) is 4.90 Å². The molecule has 1 aromatic rings. The third-order valence-electron chi connectivity index (χ3n) is 6.98. The molecule has 0 fully saturated rings. The Kier molecular flexibility index (Phi) is 6.86. The molecule has 1 heterocycles. The molecule has 2 nitrogen and oxygen atoms in total. The molecule has 0 bridgehead atoms. The summed E-state index contributed by atoms with van der Waals surface area (Å²) in [5.74, 6) is 1.99. The number of rotatable bonds is 7. The standard InChI is InChI=1S/C23H41NOSi2/c1-19(2)23(3,4)27(8,9)22-18-24(17-20-13-11-10-12-14-20)16-15-21(22)25-26(5,6)7/h10-15,19,22H,16-18H2,1-9H3. The van der Waals surface area contributed by atoms with E-state index in [0.717, 1.165) is 19.6 Å². The summed E-state index contributed by atoms with van der Waals surface area (Å²) < 4.78 is 6.66. The molecule has 0 saturated heterocycles. The van der Waals surface area contributed by atoms with Gasteiger partial charge < -0.3 is 4.43 Å². The molecule has 0 saturated carbocycles. The van der Waals surface area contributed by atoms with Gasteiger partial charge in [-0.1, -0.05) is 71.1 Å². The molecule has 1 aliphatic heterocycles. The van der Waals surface area contributed by atoms with Gasteiger partial charge in [-0.2, -0.15) is 0 Å². The highest BCUT2D eigenvalue weighted by atomic mass is 28.4. The van der Waals surface area contributed by atoms with Crippen molar-refractivity contribution in [1.82, 2.24) is 4.90 Å². The van der Waals surface area contributed by atoms with Crippen LogP contribution in [-0.2, 0) is 11.0 Å². The Labute approximate surface area is 170 Å². The first kappa shape index (κ1) is 22.4. The largest absolute Gasteiger partial charge is 0.547 e. The van der Waals surface area contributed by atoms with E-state index >= 15 is 0 Å². The van der Waals surface area contributed by atoms with Crippen LogP contribution in [0, 0.1) is 5.92 Å². The first-order valence-corrected chi connectivity index (χ1v) is 17.0. The molecule has 1 aliphatic rings. The summed E-state index contributed by atoms with van der Waals surface area (Å²) in [6.45, 7) is 25.0. The highest BCUT2D eigenvalue weighted by molar-refractivity contribution is 6.82. The van der Waals surface area contributed by atoms with E-state index in [4.69, 9.17) is 4.43 Å². The van der Waals surface area contributed by atoms with Crippen LogP contribution in [-0.4, -0.2) is 34.4 Å². The fourth-order valence-electron chi connectivity index (χ4n) is 4.00. The van der Waals surface area contributed by atoms with Crippen LogP contribution in [0.1, 0.15) is 33.3 Å². The molecule has 0 aromatic heterocycles. The van der Waals surface area contributed by atoms with Crippen molar-refractivity contribution < 1.29 is 4.43 Å². The number of nitrogens with zero attached hydrogens (tertiary/aromatic N) is 1. The van der Waals surface area contributed by atoms with Crippen molar-refractivity contribution in [3.05, 3.63) is 47.7 Å². The Morgan fingerprint density at radius 2 is 1.67 bits per heavy atom. The second kappa shape index (κ2) is 8.26. The zero-order valence-corrected chi connectivity index (χ0v) is 21.1. The first-order chi connectivity index (χ1) is 12.3. The van der Waals surface area contributed by atoms with E-state index in [0.29, 0.717) is 16.5 Å². The molecule has 0 spiro atoms. The average molecular weight is 404 g/mol. The van der Waals surface area contributed by atoms with Crippen LogP contribution in [0.5, 0.6) is 0 Å². The summed E-state index contributed by atoms with van der Waals surface area (Å²) in [4.78, 5) is 2.61. The van der Waals surface area contributed by atoms with Crippen molar-refractivity contribution in [1.29, 1.82) is 0 Å². The smallest absolute Gasteiger partial charge is 0.241 e. The Bertz CT molecular complexity index is 644. The van der Waals surface area contributed by atoms with E-state index in [1.54, 1.807) is 0 Å². The second-order valence-electron chi connectivity index (χ2n) is 10.7. The lowest BCUT2D eigenvalue weighted by molar-refractivity contribution is 0.246. The van der Waals surface area contributed by atoms with Gasteiger partial charge in [-0.25, -0.2) is 0 Å². The van der Waals surface area contributed by atoms with Crippen molar-refractivity contribution in [3.63, 3.8) is 0 Å². The van der Waals surface area contributed by atoms with Crippen LogP contribution in [0.2, 0.25) is 43.3 Å². The zero-order chi connectivity index (χ0) is 20.5. The van der Waals surface area contributed by atoms with E-state index in [9.17, 15) is 0 Å². The summed E-state index contributed by atoms with van der Waals surface area (Å²) >= 11 is 0. The van der Waals surface area contributed by atoms with E-state index in [-0.39, 0.29) is 0 Å². The minimum Gasteiger partial charge on any atom is -0.547 e. The molecule has 0 N–H and O–H groups in total. The third kappa shape index (κ3) is 5.36. The fourth-order valence-corrected chi connectivity index (χ4v) is 9.04. The molecular formula is C23H41NOSi2. The topological polar surface area (TPSA) is 12.5 Å². The summed E-state index contributed by atoms with van der Waals surface area (Å²) in [5, 5.41) is 0.356. The van der Waals surface area contributed by atoms with Crippen LogP contribution < -0.4 is 0 Å². The summed E-state index contributed by atoms with van der Waals surface area (Å²) in [6.07, 6.45) is 2.40. The van der Waals surface area contributed by atoms with E-state index in [2.05, 4.69) is 102 Å². The van der Waals surface area contributed by atoms with Crippen LogP contribution in [0.15, 0.2) is 42.2 Å². The summed E-state index contributed by atoms with van der Waals surface area (Å²) in [6, 6.07) is 10.9. The van der Waals surface area contributed by atoms with Gasteiger partial charge in [-0.15, -0.1) is 0 Å². The highest BCUT2D eigenvalue weighted by Crippen LogP contribution is 2.52. The minimum absolute atomic E-state index is 0.356. The first-order valence-electron chi connectivity index (χ1n) is 10.5. The van der Waals surface area contributed by atoms with Gasteiger partial charge in [-0.05, 0) is 42.2 Å². The molecule has 1 atom stereocenters. The van der Waals surface area contributed by atoms with Crippen molar-refractivity contribution in [3.8, 4) is 0 Å². The molecular weight excluding hydrogens is 362 g/mol. The maximum atomic E-state index is 6.66. The highest BCUT2D eigenvalue weighted by Gasteiger charge is 2.50. The van der Waals surface area contributed by atoms with Crippen LogP contribution in [0.25, 0.3) is 0 Å². The van der Waals surface area contributed by atoms with Gasteiger partial charge >= 0.3 is 0 Å². The Hall–Kier alpha value is -0.846. The van der Waals surface area contributed by atoms with Crippen molar-refractivity contribution in [2.24, 2.45) is 5.92 Å². The Balaban J connectivity index is 2.33. The second-order valence-corrected chi connectivity index (χ2v) is 20.5. The van der Waals surface area contributed by atoms with Crippen molar-refractivity contribution in [2.75, 3.05) is 13.1 Å². The third-order valence-corrected chi connectivity index (χ3v) is 13.9. The maximum Gasteiger partial charge on any atom is 0.241 e. The zero-order valence-electron chi connectivity index (χ0n) is 19.1. The predicted molar refractivity (Wildman–Crippen MR) is 124 cm³/mol. The van der Waals surface area contributed by atoms with E-state index < -0.39 is 16.4 Å². The lowest BCUT2D eigenvalue weighted by Crippen LogP contribution is -2.52. The van der Waals surface area contributed by atoms with Gasteiger partial charge in [0, 0.05) is 25.2 Å². The monoisotopic (exact) mass is 403 g/mol. The predicted octanol–water partition coefficient (Wildman–Crippen LogP) is 6.75. The lowest BCUT2D eigenvalue weighted by Gasteiger charge is -2.51.